The Morgan fingerprint density at radius 1 is 1.22 bits per heavy atom. The average Bonchev–Trinajstić information content (AvgIpc) is 3.10. The number of nitrogens with zero attached hydrogens (tertiary/aromatic N) is 3. The summed E-state index contributed by atoms with van der Waals surface area (Å²) in [7, 11) is 0. The summed E-state index contributed by atoms with van der Waals surface area (Å²) in [4.78, 5) is 11.7. The summed E-state index contributed by atoms with van der Waals surface area (Å²) in [6, 6.07) is 9.12. The lowest BCUT2D eigenvalue weighted by molar-refractivity contribution is 0.138. The van der Waals surface area contributed by atoms with Crippen LogP contribution in [-0.4, -0.2) is 21.4 Å². The number of aromatic nitrogens is 2. The Bertz CT molecular complexity index is 803. The van der Waals surface area contributed by atoms with Gasteiger partial charge in [0.1, 0.15) is 10.8 Å². The zero-order chi connectivity index (χ0) is 15.6. The van der Waals surface area contributed by atoms with Crippen molar-refractivity contribution in [2.75, 3.05) is 6.54 Å². The van der Waals surface area contributed by atoms with Crippen molar-refractivity contribution in [2.24, 2.45) is 0 Å². The predicted molar refractivity (Wildman–Crippen MR) is 90.8 cm³/mol. The summed E-state index contributed by atoms with van der Waals surface area (Å²) in [5.41, 5.74) is 1.89. The van der Waals surface area contributed by atoms with E-state index in [0.29, 0.717) is 6.04 Å². The van der Waals surface area contributed by atoms with Crippen molar-refractivity contribution in [3.8, 4) is 0 Å². The molecule has 4 rings (SSSR count). The SMILES string of the molecule is Fc1ccc2nc(CN3CCCCC3c3nccs3)ccc2c1. The molecule has 1 aromatic carbocycles. The lowest BCUT2D eigenvalue weighted by atomic mass is 10.0. The second-order valence-electron chi connectivity index (χ2n) is 5.99. The van der Waals surface area contributed by atoms with Crippen molar-refractivity contribution < 1.29 is 4.39 Å². The molecule has 0 bridgehead atoms. The first-order chi connectivity index (χ1) is 11.3. The van der Waals surface area contributed by atoms with E-state index in [2.05, 4.69) is 9.88 Å². The van der Waals surface area contributed by atoms with Crippen LogP contribution in [0, 0.1) is 5.82 Å². The third kappa shape index (κ3) is 3.12. The first kappa shape index (κ1) is 14.7. The third-order valence-corrected chi connectivity index (χ3v) is 5.30. The summed E-state index contributed by atoms with van der Waals surface area (Å²) < 4.78 is 13.3. The minimum Gasteiger partial charge on any atom is -0.288 e. The molecule has 1 unspecified atom stereocenters. The Labute approximate surface area is 138 Å². The van der Waals surface area contributed by atoms with Crippen molar-refractivity contribution in [1.29, 1.82) is 0 Å². The van der Waals surface area contributed by atoms with Gasteiger partial charge in [0.05, 0.1) is 17.3 Å². The highest BCUT2D eigenvalue weighted by Crippen LogP contribution is 2.33. The van der Waals surface area contributed by atoms with Gasteiger partial charge in [0.2, 0.25) is 0 Å². The molecule has 0 spiro atoms. The molecule has 3 nitrogen and oxygen atoms in total. The first-order valence-electron chi connectivity index (χ1n) is 7.98. The Morgan fingerprint density at radius 2 is 2.17 bits per heavy atom. The van der Waals surface area contributed by atoms with E-state index in [1.165, 1.54) is 30.0 Å². The molecule has 118 valence electrons. The summed E-state index contributed by atoms with van der Waals surface area (Å²) in [5, 5.41) is 4.10. The fourth-order valence-electron chi connectivity index (χ4n) is 3.29. The maximum absolute atomic E-state index is 13.3. The second-order valence-corrected chi connectivity index (χ2v) is 6.92. The van der Waals surface area contributed by atoms with Crippen LogP contribution < -0.4 is 0 Å². The highest BCUT2D eigenvalue weighted by molar-refractivity contribution is 7.09. The average molecular weight is 327 g/mol. The maximum Gasteiger partial charge on any atom is 0.123 e. The predicted octanol–water partition coefficient (Wildman–Crippen LogP) is 4.56. The Hall–Kier alpha value is -1.85. The molecule has 0 N–H and O–H groups in total. The molecule has 0 aliphatic carbocycles. The minimum absolute atomic E-state index is 0.216. The van der Waals surface area contributed by atoms with Crippen molar-refractivity contribution in [3.63, 3.8) is 0 Å². The van der Waals surface area contributed by atoms with Crippen LogP contribution >= 0.6 is 11.3 Å². The van der Waals surface area contributed by atoms with E-state index in [4.69, 9.17) is 4.98 Å². The van der Waals surface area contributed by atoms with Gasteiger partial charge in [-0.3, -0.25) is 9.88 Å². The number of hydrogen-bond donors (Lipinski definition) is 0. The molecule has 1 saturated heterocycles. The van der Waals surface area contributed by atoms with Crippen LogP contribution in [0.25, 0.3) is 10.9 Å². The Kier molecular flexibility index (Phi) is 4.06. The Morgan fingerprint density at radius 3 is 3.04 bits per heavy atom. The van der Waals surface area contributed by atoms with E-state index in [9.17, 15) is 4.39 Å². The standard InChI is InChI=1S/C18H18FN3S/c19-14-5-7-16-13(11-14)4-6-15(21-16)12-22-9-2-1-3-17(22)18-20-8-10-23-18/h4-8,10-11,17H,1-3,9,12H2. The highest BCUT2D eigenvalue weighted by Gasteiger charge is 2.26. The lowest BCUT2D eigenvalue weighted by Crippen LogP contribution is -2.33. The van der Waals surface area contributed by atoms with Gasteiger partial charge in [-0.05, 0) is 43.7 Å². The van der Waals surface area contributed by atoms with Gasteiger partial charge in [-0.25, -0.2) is 9.37 Å². The van der Waals surface area contributed by atoms with E-state index in [0.717, 1.165) is 36.1 Å². The van der Waals surface area contributed by atoms with Crippen molar-refractivity contribution in [3.05, 3.63) is 58.4 Å². The fourth-order valence-corrected chi connectivity index (χ4v) is 4.10. The van der Waals surface area contributed by atoms with Crippen molar-refractivity contribution in [1.82, 2.24) is 14.9 Å². The van der Waals surface area contributed by atoms with Gasteiger partial charge in [0.15, 0.2) is 0 Å². The highest BCUT2D eigenvalue weighted by atomic mass is 32.1. The molecular weight excluding hydrogens is 309 g/mol. The molecule has 2 aromatic heterocycles. The van der Waals surface area contributed by atoms with Crippen LogP contribution in [0.1, 0.15) is 36.0 Å². The molecule has 23 heavy (non-hydrogen) atoms. The third-order valence-electron chi connectivity index (χ3n) is 4.42. The minimum atomic E-state index is -0.216. The van der Waals surface area contributed by atoms with E-state index >= 15 is 0 Å². The second kappa shape index (κ2) is 6.34. The number of likely N-dealkylation sites (tertiary alicyclic amines) is 1. The van der Waals surface area contributed by atoms with Gasteiger partial charge in [-0.1, -0.05) is 12.5 Å². The van der Waals surface area contributed by atoms with Crippen molar-refractivity contribution in [2.45, 2.75) is 31.8 Å². The van der Waals surface area contributed by atoms with Crippen LogP contribution in [0.5, 0.6) is 0 Å². The lowest BCUT2D eigenvalue weighted by Gasteiger charge is -2.34. The van der Waals surface area contributed by atoms with Gasteiger partial charge >= 0.3 is 0 Å². The molecule has 3 aromatic rings. The van der Waals surface area contributed by atoms with E-state index in [-0.39, 0.29) is 5.82 Å². The number of halogens is 1. The fraction of sp³-hybridized carbons (Fsp3) is 0.333. The number of thiazole rings is 1. The van der Waals surface area contributed by atoms with Crippen LogP contribution in [0.2, 0.25) is 0 Å². The van der Waals surface area contributed by atoms with Gasteiger partial charge in [0, 0.05) is 23.5 Å². The number of fused-ring (bicyclic) bond motifs is 1. The number of rotatable bonds is 3. The maximum atomic E-state index is 13.3. The van der Waals surface area contributed by atoms with E-state index < -0.39 is 0 Å². The largest absolute Gasteiger partial charge is 0.288 e. The molecule has 5 heteroatoms. The van der Waals surface area contributed by atoms with Gasteiger partial charge in [-0.15, -0.1) is 11.3 Å². The van der Waals surface area contributed by atoms with Gasteiger partial charge in [0.25, 0.3) is 0 Å². The number of piperidine rings is 1. The van der Waals surface area contributed by atoms with Crippen LogP contribution in [-0.2, 0) is 6.54 Å². The normalized spacial score (nSPS) is 19.3. The quantitative estimate of drug-likeness (QED) is 0.706. The molecule has 1 aliphatic rings. The van der Waals surface area contributed by atoms with Crippen molar-refractivity contribution >= 4 is 22.2 Å². The topological polar surface area (TPSA) is 29.0 Å². The van der Waals surface area contributed by atoms with Gasteiger partial charge in [-0.2, -0.15) is 0 Å². The Balaban J connectivity index is 1.59. The van der Waals surface area contributed by atoms with E-state index in [1.54, 1.807) is 17.4 Å². The van der Waals surface area contributed by atoms with E-state index in [1.807, 2.05) is 23.7 Å². The van der Waals surface area contributed by atoms with Gasteiger partial charge < -0.3 is 0 Å². The molecular formula is C18H18FN3S. The molecule has 1 atom stereocenters. The van der Waals surface area contributed by atoms with Crippen LogP contribution in [0.3, 0.4) is 0 Å². The first-order valence-corrected chi connectivity index (χ1v) is 8.86. The summed E-state index contributed by atoms with van der Waals surface area (Å²) in [6.07, 6.45) is 5.52. The molecule has 0 amide bonds. The smallest absolute Gasteiger partial charge is 0.123 e. The zero-order valence-corrected chi connectivity index (χ0v) is 13.6. The molecule has 0 radical (unpaired) electrons. The van der Waals surface area contributed by atoms with Crippen LogP contribution in [0.15, 0.2) is 41.9 Å². The molecule has 1 fully saturated rings. The molecule has 3 heterocycles. The number of hydrogen-bond acceptors (Lipinski definition) is 4. The number of pyridine rings is 1. The summed E-state index contributed by atoms with van der Waals surface area (Å²) in [6.45, 7) is 1.89. The molecule has 1 aliphatic heterocycles. The number of benzene rings is 1. The monoisotopic (exact) mass is 327 g/mol. The summed E-state index contributed by atoms with van der Waals surface area (Å²) >= 11 is 1.73. The molecule has 0 saturated carbocycles. The van der Waals surface area contributed by atoms with Crippen LogP contribution in [0.4, 0.5) is 4.39 Å². The summed E-state index contributed by atoms with van der Waals surface area (Å²) in [5.74, 6) is -0.216. The zero-order valence-electron chi connectivity index (χ0n) is 12.8.